The van der Waals surface area contributed by atoms with E-state index in [-0.39, 0.29) is 12.4 Å². The van der Waals surface area contributed by atoms with Crippen LogP contribution in [-0.2, 0) is 12.8 Å². The second-order valence-electron chi connectivity index (χ2n) is 7.00. The minimum absolute atomic E-state index is 0. The number of thiophene rings is 1. The molecule has 1 aromatic rings. The van der Waals surface area contributed by atoms with Crippen molar-refractivity contribution in [2.24, 2.45) is 5.92 Å². The van der Waals surface area contributed by atoms with Crippen molar-refractivity contribution in [2.75, 3.05) is 13.1 Å². The molecular weight excluding hydrogens is 316 g/mol. The Balaban J connectivity index is 0.00000144. The maximum atomic E-state index is 13.0. The standard InChI is InChI=1S/C17H24N2OS.ClH/c1-11-2-5-15-12(8-11)9-16(21-15)17(20)19-13-3-4-14(19)10-18-7-6-13;/h9,11,13-14,18H,2-8,10H2,1H3;1H. The van der Waals surface area contributed by atoms with Gasteiger partial charge in [-0.05, 0) is 62.6 Å². The zero-order valence-electron chi connectivity index (χ0n) is 13.1. The average molecular weight is 341 g/mol. The van der Waals surface area contributed by atoms with E-state index in [1.165, 1.54) is 36.1 Å². The Morgan fingerprint density at radius 1 is 1.27 bits per heavy atom. The second kappa shape index (κ2) is 6.50. The van der Waals surface area contributed by atoms with E-state index >= 15 is 0 Å². The van der Waals surface area contributed by atoms with Crippen LogP contribution in [0.5, 0.6) is 0 Å². The predicted molar refractivity (Wildman–Crippen MR) is 93.2 cm³/mol. The van der Waals surface area contributed by atoms with Gasteiger partial charge in [-0.25, -0.2) is 0 Å². The number of fused-ring (bicyclic) bond motifs is 3. The number of halogens is 1. The molecule has 2 fully saturated rings. The van der Waals surface area contributed by atoms with Gasteiger partial charge in [0.2, 0.25) is 0 Å². The fourth-order valence-corrected chi connectivity index (χ4v) is 5.40. The van der Waals surface area contributed by atoms with E-state index in [2.05, 4.69) is 23.2 Å². The first-order valence-corrected chi connectivity index (χ1v) is 9.19. The van der Waals surface area contributed by atoms with Crippen LogP contribution in [0.2, 0.25) is 0 Å². The monoisotopic (exact) mass is 340 g/mol. The fourth-order valence-electron chi connectivity index (χ4n) is 4.25. The molecule has 3 aliphatic rings. The van der Waals surface area contributed by atoms with Gasteiger partial charge in [-0.3, -0.25) is 4.79 Å². The van der Waals surface area contributed by atoms with E-state index in [1.54, 1.807) is 11.3 Å². The first-order valence-electron chi connectivity index (χ1n) is 8.37. The molecule has 0 saturated carbocycles. The van der Waals surface area contributed by atoms with Crippen LogP contribution in [0.1, 0.15) is 52.7 Å². The van der Waals surface area contributed by atoms with Crippen molar-refractivity contribution in [3.05, 3.63) is 21.4 Å². The first-order chi connectivity index (χ1) is 10.2. The van der Waals surface area contributed by atoms with E-state index < -0.39 is 0 Å². The van der Waals surface area contributed by atoms with Crippen LogP contribution in [-0.4, -0.2) is 36.0 Å². The Labute approximate surface area is 142 Å². The molecule has 2 aliphatic heterocycles. The molecule has 1 aromatic heterocycles. The lowest BCUT2D eigenvalue weighted by atomic mass is 9.90. The van der Waals surface area contributed by atoms with Crippen LogP contribution < -0.4 is 5.32 Å². The van der Waals surface area contributed by atoms with Crippen LogP contribution in [0.4, 0.5) is 0 Å². The highest BCUT2D eigenvalue weighted by molar-refractivity contribution is 7.14. The van der Waals surface area contributed by atoms with Gasteiger partial charge in [0, 0.05) is 23.5 Å². The zero-order valence-corrected chi connectivity index (χ0v) is 14.8. The predicted octanol–water partition coefficient (Wildman–Crippen LogP) is 3.26. The molecule has 1 amide bonds. The van der Waals surface area contributed by atoms with Crippen molar-refractivity contribution >= 4 is 29.7 Å². The lowest BCUT2D eigenvalue weighted by Gasteiger charge is -2.27. The molecular formula is C17H25ClN2OS. The summed E-state index contributed by atoms with van der Waals surface area (Å²) in [5, 5.41) is 3.48. The summed E-state index contributed by atoms with van der Waals surface area (Å²) in [5.41, 5.74) is 1.45. The highest BCUT2D eigenvalue weighted by atomic mass is 35.5. The SMILES string of the molecule is CC1CCc2sc(C(=O)N3C4CCNCC3CC4)cc2C1.Cl. The van der Waals surface area contributed by atoms with E-state index in [0.29, 0.717) is 18.0 Å². The minimum Gasteiger partial charge on any atom is -0.331 e. The molecule has 3 heterocycles. The Morgan fingerprint density at radius 2 is 2.09 bits per heavy atom. The van der Waals surface area contributed by atoms with Crippen molar-refractivity contribution in [1.82, 2.24) is 10.2 Å². The van der Waals surface area contributed by atoms with Crippen molar-refractivity contribution < 1.29 is 4.79 Å². The van der Waals surface area contributed by atoms with E-state index in [0.717, 1.165) is 36.7 Å². The number of carbonyl (C=O) groups excluding carboxylic acids is 1. The maximum absolute atomic E-state index is 13.0. The number of carbonyl (C=O) groups is 1. The molecule has 0 aromatic carbocycles. The molecule has 3 atom stereocenters. The van der Waals surface area contributed by atoms with E-state index in [9.17, 15) is 4.79 Å². The summed E-state index contributed by atoms with van der Waals surface area (Å²) >= 11 is 1.77. The highest BCUT2D eigenvalue weighted by Gasteiger charge is 2.39. The number of hydrogen-bond acceptors (Lipinski definition) is 3. The highest BCUT2D eigenvalue weighted by Crippen LogP contribution is 2.35. The molecule has 2 saturated heterocycles. The molecule has 22 heavy (non-hydrogen) atoms. The van der Waals surface area contributed by atoms with Crippen molar-refractivity contribution in [3.8, 4) is 0 Å². The van der Waals surface area contributed by atoms with Crippen LogP contribution >= 0.6 is 23.7 Å². The summed E-state index contributed by atoms with van der Waals surface area (Å²) in [4.78, 5) is 17.7. The summed E-state index contributed by atoms with van der Waals surface area (Å²) in [6.07, 6.45) is 7.09. The number of hydrogen-bond donors (Lipinski definition) is 1. The molecule has 122 valence electrons. The molecule has 0 spiro atoms. The van der Waals surface area contributed by atoms with Crippen molar-refractivity contribution in [2.45, 2.75) is 57.5 Å². The molecule has 3 unspecified atom stereocenters. The third kappa shape index (κ3) is 2.81. The Kier molecular flexibility index (Phi) is 4.81. The summed E-state index contributed by atoms with van der Waals surface area (Å²) in [5.74, 6) is 1.08. The molecule has 5 heteroatoms. The van der Waals surface area contributed by atoms with E-state index in [1.807, 2.05) is 0 Å². The lowest BCUT2D eigenvalue weighted by Crippen LogP contribution is -2.42. The molecule has 1 N–H and O–H groups in total. The van der Waals surface area contributed by atoms with Gasteiger partial charge in [0.05, 0.1) is 4.88 Å². The van der Waals surface area contributed by atoms with Gasteiger partial charge in [-0.15, -0.1) is 23.7 Å². The molecule has 1 aliphatic carbocycles. The van der Waals surface area contributed by atoms with Crippen LogP contribution in [0.15, 0.2) is 6.07 Å². The number of aryl methyl sites for hydroxylation is 1. The van der Waals surface area contributed by atoms with Crippen LogP contribution in [0.25, 0.3) is 0 Å². The van der Waals surface area contributed by atoms with Crippen LogP contribution in [0.3, 0.4) is 0 Å². The molecule has 0 radical (unpaired) electrons. The third-order valence-corrected chi connectivity index (χ3v) is 6.65. The summed E-state index contributed by atoms with van der Waals surface area (Å²) in [6.45, 7) is 4.36. The van der Waals surface area contributed by atoms with Crippen molar-refractivity contribution in [3.63, 3.8) is 0 Å². The normalized spacial score (nSPS) is 30.4. The van der Waals surface area contributed by atoms with Gasteiger partial charge in [-0.2, -0.15) is 0 Å². The van der Waals surface area contributed by atoms with Gasteiger partial charge >= 0.3 is 0 Å². The van der Waals surface area contributed by atoms with E-state index in [4.69, 9.17) is 0 Å². The van der Waals surface area contributed by atoms with Crippen molar-refractivity contribution in [1.29, 1.82) is 0 Å². The molecule has 2 bridgehead atoms. The summed E-state index contributed by atoms with van der Waals surface area (Å²) < 4.78 is 0. The van der Waals surface area contributed by atoms with Gasteiger partial charge in [-0.1, -0.05) is 6.92 Å². The molecule has 4 rings (SSSR count). The van der Waals surface area contributed by atoms with Crippen LogP contribution in [0, 0.1) is 5.92 Å². The van der Waals surface area contributed by atoms with Gasteiger partial charge in [0.15, 0.2) is 0 Å². The first kappa shape index (κ1) is 16.3. The Morgan fingerprint density at radius 3 is 2.95 bits per heavy atom. The third-order valence-electron chi connectivity index (χ3n) is 5.43. The fraction of sp³-hybridized carbons (Fsp3) is 0.706. The maximum Gasteiger partial charge on any atom is 0.264 e. The van der Waals surface area contributed by atoms with Gasteiger partial charge in [0.25, 0.3) is 5.91 Å². The largest absolute Gasteiger partial charge is 0.331 e. The number of rotatable bonds is 1. The number of nitrogens with zero attached hydrogens (tertiary/aromatic N) is 1. The number of amides is 1. The van der Waals surface area contributed by atoms with Gasteiger partial charge in [0.1, 0.15) is 0 Å². The summed E-state index contributed by atoms with van der Waals surface area (Å²) in [6, 6.07) is 3.09. The quantitative estimate of drug-likeness (QED) is 0.851. The molecule has 3 nitrogen and oxygen atoms in total. The van der Waals surface area contributed by atoms with Gasteiger partial charge < -0.3 is 10.2 Å². The second-order valence-corrected chi connectivity index (χ2v) is 8.13. The lowest BCUT2D eigenvalue weighted by molar-refractivity contribution is 0.0685. The average Bonchev–Trinajstić information content (AvgIpc) is 2.97. The zero-order chi connectivity index (χ0) is 14.4. The number of nitrogens with one attached hydrogen (secondary N) is 1. The topological polar surface area (TPSA) is 32.3 Å². The summed E-state index contributed by atoms with van der Waals surface area (Å²) in [7, 11) is 0. The Hall–Kier alpha value is -0.580. The Bertz CT molecular complexity index is 545. The minimum atomic E-state index is 0. The smallest absolute Gasteiger partial charge is 0.264 e.